The predicted molar refractivity (Wildman–Crippen MR) is 129 cm³/mol. The van der Waals surface area contributed by atoms with Crippen LogP contribution in [0, 0.1) is 11.7 Å². The van der Waals surface area contributed by atoms with Crippen LogP contribution in [0.3, 0.4) is 0 Å². The highest BCUT2D eigenvalue weighted by Gasteiger charge is 2.45. The molecule has 6 nitrogen and oxygen atoms in total. The number of amides is 1. The van der Waals surface area contributed by atoms with E-state index < -0.39 is 17.7 Å². The highest BCUT2D eigenvalue weighted by Crippen LogP contribution is 2.47. The first-order valence-corrected chi connectivity index (χ1v) is 11.5. The molecule has 184 valence electrons. The van der Waals surface area contributed by atoms with E-state index in [0.717, 1.165) is 0 Å². The van der Waals surface area contributed by atoms with E-state index in [1.54, 1.807) is 0 Å². The third-order valence-electron chi connectivity index (χ3n) is 6.10. The van der Waals surface area contributed by atoms with Crippen LogP contribution < -0.4 is 10.1 Å². The maximum atomic E-state index is 15.8. The topological polar surface area (TPSA) is 67.4 Å². The number of ether oxygens (including phenoxy) is 1. The monoisotopic (exact) mass is 524 g/mol. The number of nitrogens with one attached hydrogen (secondary N) is 1. The number of carbonyl (C=O) groups excluding carboxylic acids is 1. The molecule has 0 aliphatic carbocycles. The smallest absolute Gasteiger partial charge is 0.279 e. The highest BCUT2D eigenvalue weighted by molar-refractivity contribution is 6.42. The van der Waals surface area contributed by atoms with Gasteiger partial charge in [0.05, 0.1) is 33.9 Å². The summed E-state index contributed by atoms with van der Waals surface area (Å²) in [7, 11) is 1.30. The summed E-state index contributed by atoms with van der Waals surface area (Å²) >= 11 is 11.7. The van der Waals surface area contributed by atoms with Crippen LogP contribution in [0.5, 0.6) is 5.75 Å². The number of piperidine rings is 1. The third-order valence-corrected chi connectivity index (χ3v) is 6.88. The maximum absolute atomic E-state index is 15.8. The normalized spacial score (nSPS) is 14.7. The van der Waals surface area contributed by atoms with Crippen molar-refractivity contribution in [3.8, 4) is 5.75 Å². The summed E-state index contributed by atoms with van der Waals surface area (Å²) in [5.74, 6) is -5.29. The van der Waals surface area contributed by atoms with Crippen molar-refractivity contribution in [3.05, 3.63) is 64.7 Å². The molecule has 0 radical (unpaired) electrons. The van der Waals surface area contributed by atoms with Gasteiger partial charge >= 0.3 is 0 Å². The van der Waals surface area contributed by atoms with Crippen molar-refractivity contribution in [2.45, 2.75) is 18.8 Å². The largest absolute Gasteiger partial charge is 0.496 e. The first-order chi connectivity index (χ1) is 16.7. The molecule has 0 spiro atoms. The SMILES string of the molecule is C=CC(=O)N1CCC(C(F)(F)c2cc3c(Nc4ccc(Cl)c(Cl)c4F)ncnc3cc2OC)CC1. The number of benzene rings is 2. The van der Waals surface area contributed by atoms with Gasteiger partial charge in [-0.3, -0.25) is 4.79 Å². The lowest BCUT2D eigenvalue weighted by molar-refractivity contribution is -0.131. The molecule has 0 unspecified atom stereocenters. The van der Waals surface area contributed by atoms with Crippen molar-refractivity contribution in [1.29, 1.82) is 0 Å². The van der Waals surface area contributed by atoms with E-state index in [1.807, 2.05) is 0 Å². The Labute approximate surface area is 209 Å². The van der Waals surface area contributed by atoms with Gasteiger partial charge in [0.25, 0.3) is 5.92 Å². The second-order valence-electron chi connectivity index (χ2n) is 8.07. The zero-order chi connectivity index (χ0) is 25.3. The van der Waals surface area contributed by atoms with Gasteiger partial charge in [-0.2, -0.15) is 0 Å². The van der Waals surface area contributed by atoms with E-state index in [1.165, 1.54) is 48.7 Å². The van der Waals surface area contributed by atoms with E-state index in [4.69, 9.17) is 27.9 Å². The second kappa shape index (κ2) is 9.91. The molecular weight excluding hydrogens is 504 g/mol. The first kappa shape index (κ1) is 25.1. The number of carbonyl (C=O) groups is 1. The number of hydrogen-bond acceptors (Lipinski definition) is 5. The zero-order valence-electron chi connectivity index (χ0n) is 18.6. The predicted octanol–water partition coefficient (Wildman–Crippen LogP) is 6.34. The minimum Gasteiger partial charge on any atom is -0.496 e. The molecule has 0 saturated carbocycles. The summed E-state index contributed by atoms with van der Waals surface area (Å²) in [6, 6.07) is 5.43. The average Bonchev–Trinajstić information content (AvgIpc) is 2.87. The highest BCUT2D eigenvalue weighted by atomic mass is 35.5. The summed E-state index contributed by atoms with van der Waals surface area (Å²) in [5.41, 5.74) is -0.0398. The van der Waals surface area contributed by atoms with Crippen molar-refractivity contribution in [2.24, 2.45) is 5.92 Å². The number of nitrogens with zero attached hydrogens (tertiary/aromatic N) is 3. The number of fused-ring (bicyclic) bond motifs is 1. The lowest BCUT2D eigenvalue weighted by Crippen LogP contribution is -2.42. The summed E-state index contributed by atoms with van der Waals surface area (Å²) < 4.78 is 51.5. The van der Waals surface area contributed by atoms with E-state index in [2.05, 4.69) is 21.9 Å². The Hall–Kier alpha value is -3.04. The number of aromatic nitrogens is 2. The molecule has 1 aliphatic rings. The van der Waals surface area contributed by atoms with Crippen molar-refractivity contribution < 1.29 is 22.7 Å². The van der Waals surface area contributed by atoms with E-state index in [9.17, 15) is 9.18 Å². The summed E-state index contributed by atoms with van der Waals surface area (Å²) in [6.07, 6.45) is 2.62. The molecule has 1 N–H and O–H groups in total. The Bertz CT molecular complexity index is 1300. The molecule has 3 aromatic rings. The molecule has 1 fully saturated rings. The molecule has 11 heteroatoms. The number of halogens is 5. The quantitative estimate of drug-likeness (QED) is 0.300. The van der Waals surface area contributed by atoms with Crippen molar-refractivity contribution in [3.63, 3.8) is 0 Å². The summed E-state index contributed by atoms with van der Waals surface area (Å²) in [5, 5.41) is 2.80. The first-order valence-electron chi connectivity index (χ1n) is 10.7. The number of methoxy groups -OCH3 is 1. The van der Waals surface area contributed by atoms with Crippen LogP contribution in [0.1, 0.15) is 18.4 Å². The fourth-order valence-corrected chi connectivity index (χ4v) is 4.49. The molecule has 1 aromatic heterocycles. The van der Waals surface area contributed by atoms with Crippen LogP contribution in [0.4, 0.5) is 24.7 Å². The van der Waals surface area contributed by atoms with Gasteiger partial charge in [0, 0.05) is 30.5 Å². The summed E-state index contributed by atoms with van der Waals surface area (Å²) in [4.78, 5) is 21.6. The van der Waals surface area contributed by atoms with Gasteiger partial charge in [0.15, 0.2) is 5.82 Å². The van der Waals surface area contributed by atoms with Crippen LogP contribution in [0.25, 0.3) is 10.9 Å². The van der Waals surface area contributed by atoms with E-state index >= 15 is 8.78 Å². The van der Waals surface area contributed by atoms with Crippen LogP contribution in [0.15, 0.2) is 43.2 Å². The van der Waals surface area contributed by atoms with E-state index in [0.29, 0.717) is 5.52 Å². The zero-order valence-corrected chi connectivity index (χ0v) is 20.1. The molecule has 1 saturated heterocycles. The van der Waals surface area contributed by atoms with E-state index in [-0.39, 0.29) is 70.1 Å². The maximum Gasteiger partial charge on any atom is 0.279 e. The fourth-order valence-electron chi connectivity index (χ4n) is 4.17. The van der Waals surface area contributed by atoms with Crippen molar-refractivity contribution in [2.75, 3.05) is 25.5 Å². The lowest BCUT2D eigenvalue weighted by atomic mass is 9.85. The Morgan fingerprint density at radius 1 is 1.26 bits per heavy atom. The Morgan fingerprint density at radius 3 is 2.63 bits per heavy atom. The molecule has 0 atom stereocenters. The van der Waals surface area contributed by atoms with Crippen LogP contribution >= 0.6 is 23.2 Å². The van der Waals surface area contributed by atoms with Gasteiger partial charge in [-0.1, -0.05) is 29.8 Å². The number of hydrogen-bond donors (Lipinski definition) is 1. The standard InChI is InChI=1S/C24H21Cl2F3N4O2/c1-3-20(34)33-8-6-13(7-9-33)24(28,29)15-10-14-18(11-19(15)35-2)30-12-31-23(14)32-17-5-4-16(25)21(26)22(17)27/h3-5,10-13H,1,6-9H2,2H3,(H,30,31,32). The molecule has 1 amide bonds. The minimum absolute atomic E-state index is 0.0252. The van der Waals surface area contributed by atoms with Crippen molar-refractivity contribution in [1.82, 2.24) is 14.9 Å². The minimum atomic E-state index is -3.27. The van der Waals surface area contributed by atoms with Gasteiger partial charge in [-0.05, 0) is 37.1 Å². The number of anilines is 2. The fraction of sp³-hybridized carbons (Fsp3) is 0.292. The van der Waals surface area contributed by atoms with Gasteiger partial charge in [-0.25, -0.2) is 23.1 Å². The summed E-state index contributed by atoms with van der Waals surface area (Å²) in [6.45, 7) is 3.85. The molecular formula is C24H21Cl2F3N4O2. The molecule has 4 rings (SSSR count). The molecule has 2 aromatic carbocycles. The van der Waals surface area contributed by atoms with Crippen LogP contribution in [-0.4, -0.2) is 41.0 Å². The average molecular weight is 525 g/mol. The molecule has 2 heterocycles. The Balaban J connectivity index is 1.73. The van der Waals surface area contributed by atoms with Crippen LogP contribution in [0.2, 0.25) is 10.0 Å². The van der Waals surface area contributed by atoms with Gasteiger partial charge < -0.3 is 15.0 Å². The lowest BCUT2D eigenvalue weighted by Gasteiger charge is -2.36. The third kappa shape index (κ3) is 4.75. The number of rotatable bonds is 6. The molecule has 0 bridgehead atoms. The van der Waals surface area contributed by atoms with Crippen LogP contribution in [-0.2, 0) is 10.7 Å². The molecule has 1 aliphatic heterocycles. The van der Waals surface area contributed by atoms with Crippen molar-refractivity contribution >= 4 is 51.5 Å². The molecule has 35 heavy (non-hydrogen) atoms. The number of alkyl halides is 2. The van der Waals surface area contributed by atoms with Gasteiger partial charge in [0.2, 0.25) is 5.91 Å². The van der Waals surface area contributed by atoms with Gasteiger partial charge in [-0.15, -0.1) is 0 Å². The second-order valence-corrected chi connectivity index (χ2v) is 8.85. The number of likely N-dealkylation sites (tertiary alicyclic amines) is 1. The Kier molecular flexibility index (Phi) is 7.10. The Morgan fingerprint density at radius 2 is 1.97 bits per heavy atom. The van der Waals surface area contributed by atoms with Gasteiger partial charge in [0.1, 0.15) is 17.9 Å².